The first-order chi connectivity index (χ1) is 12.5. The maximum absolute atomic E-state index is 12.8. The lowest BCUT2D eigenvalue weighted by atomic mass is 10.1. The van der Waals surface area contributed by atoms with E-state index >= 15 is 0 Å². The number of carboxylic acid groups (broad SMARTS) is 1. The molecule has 1 heterocycles. The zero-order chi connectivity index (χ0) is 18.7. The Bertz CT molecular complexity index is 979. The van der Waals surface area contributed by atoms with E-state index in [2.05, 4.69) is 5.32 Å². The molecule has 1 amide bonds. The number of anilines is 1. The SMILES string of the molecule is CCSCc1c(C(=O)Nc2ccc(O)cc2C(=O)O)oc2ccccc12. The summed E-state index contributed by atoms with van der Waals surface area (Å²) in [6.45, 7) is 2.03. The van der Waals surface area contributed by atoms with Crippen LogP contribution in [0.1, 0.15) is 33.4 Å². The molecule has 7 heteroatoms. The van der Waals surface area contributed by atoms with E-state index < -0.39 is 11.9 Å². The summed E-state index contributed by atoms with van der Waals surface area (Å²) in [5.74, 6) is -0.302. The molecule has 0 aliphatic rings. The maximum Gasteiger partial charge on any atom is 0.337 e. The number of phenolic OH excluding ortho intramolecular Hbond substituents is 1. The molecule has 6 nitrogen and oxygen atoms in total. The van der Waals surface area contributed by atoms with Gasteiger partial charge in [-0.1, -0.05) is 25.1 Å². The number of hydrogen-bond acceptors (Lipinski definition) is 5. The van der Waals surface area contributed by atoms with Crippen LogP contribution in [0.3, 0.4) is 0 Å². The molecule has 0 unspecified atom stereocenters. The average molecular weight is 371 g/mol. The Labute approximate surface area is 153 Å². The molecule has 0 radical (unpaired) electrons. The van der Waals surface area contributed by atoms with Crippen LogP contribution in [0, 0.1) is 0 Å². The monoisotopic (exact) mass is 371 g/mol. The van der Waals surface area contributed by atoms with E-state index in [1.807, 2.05) is 25.1 Å². The molecule has 26 heavy (non-hydrogen) atoms. The zero-order valence-corrected chi connectivity index (χ0v) is 14.8. The molecule has 1 aromatic heterocycles. The van der Waals surface area contributed by atoms with Gasteiger partial charge in [-0.3, -0.25) is 4.79 Å². The Morgan fingerprint density at radius 2 is 1.96 bits per heavy atom. The van der Waals surface area contributed by atoms with Gasteiger partial charge in [0.1, 0.15) is 11.3 Å². The lowest BCUT2D eigenvalue weighted by Gasteiger charge is -2.09. The van der Waals surface area contributed by atoms with Crippen LogP contribution in [-0.4, -0.2) is 27.8 Å². The van der Waals surface area contributed by atoms with Crippen molar-refractivity contribution in [3.05, 3.63) is 59.4 Å². The third-order valence-electron chi connectivity index (χ3n) is 3.84. The third kappa shape index (κ3) is 3.52. The molecule has 3 aromatic rings. The second-order valence-corrected chi connectivity index (χ2v) is 6.81. The summed E-state index contributed by atoms with van der Waals surface area (Å²) in [6.07, 6.45) is 0. The Kier molecular flexibility index (Phi) is 5.18. The molecule has 0 atom stereocenters. The van der Waals surface area contributed by atoms with Crippen molar-refractivity contribution in [3.63, 3.8) is 0 Å². The van der Waals surface area contributed by atoms with Crippen molar-refractivity contribution in [1.29, 1.82) is 0 Å². The minimum atomic E-state index is -1.25. The van der Waals surface area contributed by atoms with Crippen LogP contribution in [0.4, 0.5) is 5.69 Å². The van der Waals surface area contributed by atoms with E-state index in [1.165, 1.54) is 12.1 Å². The average Bonchev–Trinajstić information content (AvgIpc) is 3.00. The van der Waals surface area contributed by atoms with Crippen molar-refractivity contribution in [2.45, 2.75) is 12.7 Å². The second-order valence-electron chi connectivity index (χ2n) is 5.53. The van der Waals surface area contributed by atoms with Gasteiger partial charge in [-0.25, -0.2) is 4.79 Å². The van der Waals surface area contributed by atoms with E-state index in [-0.39, 0.29) is 22.8 Å². The van der Waals surface area contributed by atoms with Gasteiger partial charge in [0.15, 0.2) is 5.76 Å². The fourth-order valence-electron chi connectivity index (χ4n) is 2.63. The van der Waals surface area contributed by atoms with Crippen LogP contribution >= 0.6 is 11.8 Å². The number of carbonyl (C=O) groups is 2. The van der Waals surface area contributed by atoms with E-state index in [4.69, 9.17) is 4.42 Å². The van der Waals surface area contributed by atoms with Gasteiger partial charge in [-0.05, 0) is 30.0 Å². The number of thioether (sulfide) groups is 1. The molecule has 0 aliphatic heterocycles. The van der Waals surface area contributed by atoms with Gasteiger partial charge >= 0.3 is 5.97 Å². The molecule has 0 fully saturated rings. The molecule has 0 saturated carbocycles. The van der Waals surface area contributed by atoms with Crippen molar-refractivity contribution < 1.29 is 24.2 Å². The number of aromatic hydroxyl groups is 1. The maximum atomic E-state index is 12.8. The second kappa shape index (κ2) is 7.53. The van der Waals surface area contributed by atoms with E-state index in [1.54, 1.807) is 17.8 Å². The van der Waals surface area contributed by atoms with Gasteiger partial charge in [0.25, 0.3) is 5.91 Å². The molecular weight excluding hydrogens is 354 g/mol. The number of furan rings is 1. The van der Waals surface area contributed by atoms with Crippen LogP contribution in [0.2, 0.25) is 0 Å². The number of carbonyl (C=O) groups excluding carboxylic acids is 1. The van der Waals surface area contributed by atoms with Crippen LogP contribution in [0.15, 0.2) is 46.9 Å². The Morgan fingerprint density at radius 3 is 2.69 bits per heavy atom. The smallest absolute Gasteiger partial charge is 0.337 e. The number of benzene rings is 2. The predicted octanol–water partition coefficient (Wildman–Crippen LogP) is 4.34. The summed E-state index contributed by atoms with van der Waals surface area (Å²) < 4.78 is 5.73. The van der Waals surface area contributed by atoms with Crippen LogP contribution in [0.5, 0.6) is 5.75 Å². The molecule has 3 rings (SSSR count). The van der Waals surface area contributed by atoms with E-state index in [0.717, 1.165) is 22.8 Å². The van der Waals surface area contributed by atoms with Crippen molar-refractivity contribution in [2.75, 3.05) is 11.1 Å². The summed E-state index contributed by atoms with van der Waals surface area (Å²) in [6, 6.07) is 11.1. The molecule has 0 bridgehead atoms. The summed E-state index contributed by atoms with van der Waals surface area (Å²) in [7, 11) is 0. The summed E-state index contributed by atoms with van der Waals surface area (Å²) in [5.41, 5.74) is 1.28. The molecule has 0 saturated heterocycles. The summed E-state index contributed by atoms with van der Waals surface area (Å²) in [5, 5.41) is 22.2. The van der Waals surface area contributed by atoms with Crippen LogP contribution in [0.25, 0.3) is 11.0 Å². The van der Waals surface area contributed by atoms with Crippen LogP contribution in [-0.2, 0) is 5.75 Å². The first kappa shape index (κ1) is 17.9. The molecule has 0 spiro atoms. The standard InChI is InChI=1S/C19H17NO5S/c1-2-26-10-14-12-5-3-4-6-16(12)25-17(14)18(22)20-15-8-7-11(21)9-13(15)19(23)24/h3-9,21H,2,10H2,1H3,(H,20,22)(H,23,24). The lowest BCUT2D eigenvalue weighted by molar-refractivity contribution is 0.0697. The quantitative estimate of drug-likeness (QED) is 0.557. The third-order valence-corrected chi connectivity index (χ3v) is 4.74. The fourth-order valence-corrected chi connectivity index (χ4v) is 3.32. The first-order valence-corrected chi connectivity index (χ1v) is 9.12. The minimum absolute atomic E-state index is 0.0925. The highest BCUT2D eigenvalue weighted by molar-refractivity contribution is 7.98. The first-order valence-electron chi connectivity index (χ1n) is 7.97. The zero-order valence-electron chi connectivity index (χ0n) is 14.0. The van der Waals surface area contributed by atoms with Crippen molar-refractivity contribution >= 4 is 40.3 Å². The summed E-state index contributed by atoms with van der Waals surface area (Å²) in [4.78, 5) is 24.1. The van der Waals surface area contributed by atoms with Gasteiger partial charge in [0, 0.05) is 16.7 Å². The number of carboxylic acids is 1. The number of phenols is 1. The molecule has 3 N–H and O–H groups in total. The fraction of sp³-hybridized carbons (Fsp3) is 0.158. The topological polar surface area (TPSA) is 99.8 Å². The number of amides is 1. The highest BCUT2D eigenvalue weighted by Gasteiger charge is 2.22. The van der Waals surface area contributed by atoms with E-state index in [9.17, 15) is 19.8 Å². The van der Waals surface area contributed by atoms with E-state index in [0.29, 0.717) is 11.3 Å². The van der Waals surface area contributed by atoms with Crippen LogP contribution < -0.4 is 5.32 Å². The van der Waals surface area contributed by atoms with Crippen molar-refractivity contribution in [1.82, 2.24) is 0 Å². The number of rotatable bonds is 6. The number of para-hydroxylation sites is 1. The normalized spacial score (nSPS) is 10.8. The Morgan fingerprint density at radius 1 is 1.19 bits per heavy atom. The highest BCUT2D eigenvalue weighted by Crippen LogP contribution is 2.30. The number of hydrogen-bond donors (Lipinski definition) is 3. The number of aromatic carboxylic acids is 1. The largest absolute Gasteiger partial charge is 0.508 e. The molecule has 0 aliphatic carbocycles. The molecule has 2 aromatic carbocycles. The van der Waals surface area contributed by atoms with Gasteiger partial charge < -0.3 is 19.9 Å². The predicted molar refractivity (Wildman–Crippen MR) is 101 cm³/mol. The van der Waals surface area contributed by atoms with Gasteiger partial charge in [-0.2, -0.15) is 11.8 Å². The van der Waals surface area contributed by atoms with Gasteiger partial charge in [0.2, 0.25) is 0 Å². The van der Waals surface area contributed by atoms with Gasteiger partial charge in [-0.15, -0.1) is 0 Å². The van der Waals surface area contributed by atoms with Crippen molar-refractivity contribution in [3.8, 4) is 5.75 Å². The van der Waals surface area contributed by atoms with Crippen molar-refractivity contribution in [2.24, 2.45) is 0 Å². The lowest BCUT2D eigenvalue weighted by Crippen LogP contribution is -2.15. The highest BCUT2D eigenvalue weighted by atomic mass is 32.2. The number of fused-ring (bicyclic) bond motifs is 1. The molecular formula is C19H17NO5S. The number of nitrogens with one attached hydrogen (secondary N) is 1. The Hall–Kier alpha value is -2.93. The minimum Gasteiger partial charge on any atom is -0.508 e. The Balaban J connectivity index is 1.99. The summed E-state index contributed by atoms with van der Waals surface area (Å²) >= 11 is 1.66. The molecule has 134 valence electrons. The van der Waals surface area contributed by atoms with Gasteiger partial charge in [0.05, 0.1) is 11.3 Å².